The quantitative estimate of drug-likeness (QED) is 0.755. The zero-order valence-electron chi connectivity index (χ0n) is 18.2. The van der Waals surface area contributed by atoms with Gasteiger partial charge in [0.15, 0.2) is 11.5 Å². The lowest BCUT2D eigenvalue weighted by atomic mass is 9.92. The van der Waals surface area contributed by atoms with Gasteiger partial charge in [0.25, 0.3) is 0 Å². The van der Waals surface area contributed by atoms with Gasteiger partial charge in [-0.3, -0.25) is 4.79 Å². The highest BCUT2D eigenvalue weighted by Crippen LogP contribution is 2.39. The monoisotopic (exact) mass is 425 g/mol. The third-order valence-electron chi connectivity index (χ3n) is 5.10. The van der Waals surface area contributed by atoms with E-state index in [4.69, 9.17) is 14.2 Å². The molecule has 0 aliphatic carbocycles. The van der Waals surface area contributed by atoms with Gasteiger partial charge in [-0.25, -0.2) is 4.79 Å². The van der Waals surface area contributed by atoms with Crippen molar-refractivity contribution in [3.8, 4) is 17.2 Å². The van der Waals surface area contributed by atoms with Gasteiger partial charge in [-0.1, -0.05) is 13.8 Å². The minimum absolute atomic E-state index is 0.00177. The van der Waals surface area contributed by atoms with Crippen LogP contribution in [0.4, 0.5) is 21.9 Å². The number of urea groups is 1. The minimum atomic E-state index is -0.641. The summed E-state index contributed by atoms with van der Waals surface area (Å²) in [6.07, 6.45) is 0. The summed E-state index contributed by atoms with van der Waals surface area (Å²) < 4.78 is 16.5. The first-order valence-electron chi connectivity index (χ1n) is 10.3. The molecule has 8 nitrogen and oxygen atoms in total. The maximum absolute atomic E-state index is 13.2. The van der Waals surface area contributed by atoms with Gasteiger partial charge in [0.2, 0.25) is 12.7 Å². The van der Waals surface area contributed by atoms with Crippen LogP contribution in [0, 0.1) is 11.3 Å². The number of hydrogen-bond acceptors (Lipinski definition) is 5. The molecule has 2 aliphatic heterocycles. The van der Waals surface area contributed by atoms with Crippen LogP contribution >= 0.6 is 0 Å². The highest BCUT2D eigenvalue weighted by atomic mass is 16.7. The molecule has 0 unspecified atom stereocenters. The van der Waals surface area contributed by atoms with Crippen molar-refractivity contribution in [3.63, 3.8) is 0 Å². The second-order valence-electron chi connectivity index (χ2n) is 8.81. The number of carbonyl (C=O) groups excluding carboxylic acids is 2. The predicted molar refractivity (Wildman–Crippen MR) is 118 cm³/mol. The fourth-order valence-corrected chi connectivity index (χ4v) is 3.54. The number of ether oxygens (including phenoxy) is 3. The van der Waals surface area contributed by atoms with Crippen LogP contribution in [-0.2, 0) is 4.79 Å². The first-order chi connectivity index (χ1) is 14.7. The molecule has 8 heteroatoms. The molecule has 0 saturated carbocycles. The molecule has 164 valence electrons. The van der Waals surface area contributed by atoms with Gasteiger partial charge in [-0.2, -0.15) is 0 Å². The summed E-state index contributed by atoms with van der Waals surface area (Å²) in [6, 6.07) is 10.1. The number of nitrogens with one attached hydrogen (secondary N) is 2. The Morgan fingerprint density at radius 2 is 1.65 bits per heavy atom. The number of amides is 3. The van der Waals surface area contributed by atoms with E-state index in [9.17, 15) is 9.59 Å². The zero-order chi connectivity index (χ0) is 22.2. The van der Waals surface area contributed by atoms with Crippen LogP contribution in [0.5, 0.6) is 17.2 Å². The van der Waals surface area contributed by atoms with Crippen LogP contribution < -0.4 is 29.7 Å². The Kier molecular flexibility index (Phi) is 5.39. The Balaban J connectivity index is 1.54. The summed E-state index contributed by atoms with van der Waals surface area (Å²) in [6.45, 7) is 8.92. The average Bonchev–Trinajstić information content (AvgIpc) is 3.15. The van der Waals surface area contributed by atoms with Crippen molar-refractivity contribution in [1.29, 1.82) is 0 Å². The van der Waals surface area contributed by atoms with Gasteiger partial charge < -0.3 is 29.7 Å². The molecule has 2 aromatic carbocycles. The molecule has 0 saturated heterocycles. The van der Waals surface area contributed by atoms with Crippen molar-refractivity contribution < 1.29 is 23.8 Å². The minimum Gasteiger partial charge on any atom is -0.490 e. The van der Waals surface area contributed by atoms with E-state index < -0.39 is 11.4 Å². The van der Waals surface area contributed by atoms with E-state index in [1.807, 2.05) is 13.8 Å². The highest BCUT2D eigenvalue weighted by Gasteiger charge is 2.38. The SMILES string of the molecule is CC(C)CN1C(=O)C(C)(C)COc2ccc(NC(=O)Nc3ccc4c(c3)OCO4)cc21. The van der Waals surface area contributed by atoms with Crippen LogP contribution in [0.25, 0.3) is 0 Å². The van der Waals surface area contributed by atoms with E-state index in [0.717, 1.165) is 0 Å². The first kappa shape index (κ1) is 20.8. The van der Waals surface area contributed by atoms with Crippen molar-refractivity contribution in [2.24, 2.45) is 11.3 Å². The number of hydrogen-bond donors (Lipinski definition) is 2. The normalized spacial score (nSPS) is 16.4. The van der Waals surface area contributed by atoms with Crippen molar-refractivity contribution >= 4 is 29.0 Å². The summed E-state index contributed by atoms with van der Waals surface area (Å²) >= 11 is 0. The number of anilines is 3. The molecule has 0 bridgehead atoms. The Morgan fingerprint density at radius 3 is 2.35 bits per heavy atom. The molecule has 2 aromatic rings. The fourth-order valence-electron chi connectivity index (χ4n) is 3.54. The Hall–Kier alpha value is -3.42. The van der Waals surface area contributed by atoms with E-state index in [2.05, 4.69) is 24.5 Å². The second-order valence-corrected chi connectivity index (χ2v) is 8.81. The van der Waals surface area contributed by atoms with Gasteiger partial charge >= 0.3 is 6.03 Å². The molecule has 0 fully saturated rings. The summed E-state index contributed by atoms with van der Waals surface area (Å²) in [5, 5.41) is 5.60. The summed E-state index contributed by atoms with van der Waals surface area (Å²) in [5.74, 6) is 2.14. The topological polar surface area (TPSA) is 89.1 Å². The van der Waals surface area contributed by atoms with Crippen LogP contribution in [0.15, 0.2) is 36.4 Å². The van der Waals surface area contributed by atoms with Crippen molar-refractivity contribution in [1.82, 2.24) is 0 Å². The van der Waals surface area contributed by atoms with E-state index in [1.54, 1.807) is 41.3 Å². The molecule has 4 rings (SSSR count). The summed E-state index contributed by atoms with van der Waals surface area (Å²) in [7, 11) is 0. The van der Waals surface area contributed by atoms with E-state index in [0.29, 0.717) is 47.5 Å². The van der Waals surface area contributed by atoms with E-state index in [1.165, 1.54) is 0 Å². The molecule has 2 N–H and O–H groups in total. The molecule has 2 heterocycles. The largest absolute Gasteiger partial charge is 0.490 e. The maximum atomic E-state index is 13.2. The number of benzene rings is 2. The van der Waals surface area contributed by atoms with Crippen molar-refractivity contribution in [2.45, 2.75) is 27.7 Å². The molecule has 0 radical (unpaired) electrons. The lowest BCUT2D eigenvalue weighted by Gasteiger charge is -2.29. The Labute approximate surface area is 181 Å². The van der Waals surface area contributed by atoms with Crippen molar-refractivity contribution in [3.05, 3.63) is 36.4 Å². The van der Waals surface area contributed by atoms with Gasteiger partial charge in [0.05, 0.1) is 11.1 Å². The molecule has 0 atom stereocenters. The molecule has 2 aliphatic rings. The molecule has 0 spiro atoms. The van der Waals surface area contributed by atoms with E-state index in [-0.39, 0.29) is 18.6 Å². The molecule has 31 heavy (non-hydrogen) atoms. The smallest absolute Gasteiger partial charge is 0.323 e. The Bertz CT molecular complexity index is 1020. The lowest BCUT2D eigenvalue weighted by Crippen LogP contribution is -2.43. The van der Waals surface area contributed by atoms with E-state index >= 15 is 0 Å². The first-order valence-corrected chi connectivity index (χ1v) is 10.3. The standard InChI is InChI=1S/C23H27N3O5/c1-14(2)11-26-17-9-15(5-7-18(17)29-12-23(3,4)21(26)27)24-22(28)25-16-6-8-19-20(10-16)31-13-30-19/h5-10,14H,11-13H2,1-4H3,(H2,24,25,28). The average molecular weight is 425 g/mol. The summed E-state index contributed by atoms with van der Waals surface area (Å²) in [4.78, 5) is 27.5. The van der Waals surface area contributed by atoms with Crippen LogP contribution in [-0.4, -0.2) is 31.9 Å². The number of fused-ring (bicyclic) bond motifs is 2. The van der Waals surface area contributed by atoms with Gasteiger partial charge in [0.1, 0.15) is 12.4 Å². The zero-order valence-corrected chi connectivity index (χ0v) is 18.2. The maximum Gasteiger partial charge on any atom is 0.323 e. The third-order valence-corrected chi connectivity index (χ3v) is 5.10. The number of carbonyl (C=O) groups is 2. The van der Waals surface area contributed by atoms with Crippen LogP contribution in [0.3, 0.4) is 0 Å². The Morgan fingerprint density at radius 1 is 1.00 bits per heavy atom. The van der Waals surface area contributed by atoms with Gasteiger partial charge in [0, 0.05) is 24.0 Å². The molecular weight excluding hydrogens is 398 g/mol. The highest BCUT2D eigenvalue weighted by molar-refractivity contribution is 6.02. The van der Waals surface area contributed by atoms with Gasteiger partial charge in [-0.15, -0.1) is 0 Å². The van der Waals surface area contributed by atoms with Crippen LogP contribution in [0.2, 0.25) is 0 Å². The molecule has 0 aromatic heterocycles. The second kappa shape index (κ2) is 8.02. The van der Waals surface area contributed by atoms with Crippen LogP contribution in [0.1, 0.15) is 27.7 Å². The number of rotatable bonds is 4. The van der Waals surface area contributed by atoms with Crippen molar-refractivity contribution in [2.75, 3.05) is 35.5 Å². The fraction of sp³-hybridized carbons (Fsp3) is 0.391. The van der Waals surface area contributed by atoms with Gasteiger partial charge in [-0.05, 0) is 50.1 Å². The summed E-state index contributed by atoms with van der Waals surface area (Å²) in [5.41, 5.74) is 1.16. The lowest BCUT2D eigenvalue weighted by molar-refractivity contribution is -0.127. The molecular formula is C23H27N3O5. The number of nitrogens with zero attached hydrogens (tertiary/aromatic N) is 1. The third kappa shape index (κ3) is 4.38. The molecule has 3 amide bonds. The predicted octanol–water partition coefficient (Wildman–Crippen LogP) is 4.47.